The van der Waals surface area contributed by atoms with Gasteiger partial charge in [-0.3, -0.25) is 4.98 Å². The molecular weight excluding hydrogens is 721 g/mol. The molecule has 5 heterocycles. The van der Waals surface area contributed by atoms with Gasteiger partial charge in [0, 0.05) is 70.8 Å². The number of rotatable bonds is 5. The lowest BCUT2D eigenvalue weighted by atomic mass is 9.95. The molecule has 0 N–H and O–H groups in total. The molecule has 0 aliphatic rings. The van der Waals surface area contributed by atoms with Crippen LogP contribution in [0, 0.1) is 0 Å². The molecule has 266 valence electrons. The predicted octanol–water partition coefficient (Wildman–Crippen LogP) is 13.8. The van der Waals surface area contributed by atoms with Gasteiger partial charge in [-0.25, -0.2) is 15.0 Å². The first kappa shape index (κ1) is 31.8. The number of nitrogens with zero attached hydrogens (tertiary/aromatic N) is 4. The van der Waals surface area contributed by atoms with Gasteiger partial charge in [0.25, 0.3) is 0 Å². The zero-order valence-corrected chi connectivity index (χ0v) is 31.0. The average molecular weight is 749 g/mol. The predicted molar refractivity (Wildman–Crippen MR) is 232 cm³/mol. The van der Waals surface area contributed by atoms with Crippen LogP contribution >= 0.6 is 11.3 Å². The number of para-hydroxylation sites is 2. The molecule has 0 fully saturated rings. The lowest BCUT2D eigenvalue weighted by molar-refractivity contribution is 0.668. The summed E-state index contributed by atoms with van der Waals surface area (Å²) in [5, 5.41) is 6.68. The summed E-state index contributed by atoms with van der Waals surface area (Å²) in [6.07, 6.45) is 3.65. The van der Waals surface area contributed by atoms with Gasteiger partial charge in [-0.1, -0.05) is 103 Å². The first-order valence-corrected chi connectivity index (χ1v) is 19.6. The summed E-state index contributed by atoms with van der Waals surface area (Å²) < 4.78 is 15.7. The second-order valence-electron chi connectivity index (χ2n) is 14.2. The summed E-state index contributed by atoms with van der Waals surface area (Å²) in [4.78, 5) is 20.1. The van der Waals surface area contributed by atoms with Gasteiger partial charge in [0.15, 0.2) is 17.5 Å². The van der Waals surface area contributed by atoms with Gasteiger partial charge in [0.2, 0.25) is 0 Å². The molecule has 5 aromatic heterocycles. The number of thiophene rings is 1. The van der Waals surface area contributed by atoms with Crippen LogP contribution in [0.3, 0.4) is 0 Å². The number of benzene rings is 7. The summed E-state index contributed by atoms with van der Waals surface area (Å²) in [5.41, 5.74) is 9.75. The zero-order valence-electron chi connectivity index (χ0n) is 30.2. The van der Waals surface area contributed by atoms with Crippen LogP contribution in [0.2, 0.25) is 0 Å². The topological polar surface area (TPSA) is 77.8 Å². The van der Waals surface area contributed by atoms with Gasteiger partial charge in [0.1, 0.15) is 22.3 Å². The number of hydrogen-bond acceptors (Lipinski definition) is 7. The highest BCUT2D eigenvalue weighted by atomic mass is 32.1. The molecule has 57 heavy (non-hydrogen) atoms. The normalized spacial score (nSPS) is 11.9. The Morgan fingerprint density at radius 3 is 1.91 bits per heavy atom. The summed E-state index contributed by atoms with van der Waals surface area (Å²) in [7, 11) is 0. The van der Waals surface area contributed by atoms with E-state index in [1.165, 1.54) is 20.2 Å². The summed E-state index contributed by atoms with van der Waals surface area (Å²) in [5.74, 6) is 1.58. The highest BCUT2D eigenvalue weighted by molar-refractivity contribution is 7.25. The molecule has 0 radical (unpaired) electrons. The molecule has 0 atom stereocenters. The largest absolute Gasteiger partial charge is 0.456 e. The number of pyridine rings is 1. The van der Waals surface area contributed by atoms with Crippen LogP contribution in [0.4, 0.5) is 0 Å². The average Bonchev–Trinajstić information content (AvgIpc) is 3.97. The second-order valence-corrected chi connectivity index (χ2v) is 15.3. The zero-order chi connectivity index (χ0) is 37.5. The van der Waals surface area contributed by atoms with Crippen LogP contribution in [0.15, 0.2) is 179 Å². The van der Waals surface area contributed by atoms with Crippen LogP contribution in [0.25, 0.3) is 120 Å². The van der Waals surface area contributed by atoms with Crippen molar-refractivity contribution in [3.8, 4) is 56.4 Å². The minimum Gasteiger partial charge on any atom is -0.456 e. The van der Waals surface area contributed by atoms with Crippen LogP contribution in [0.1, 0.15) is 0 Å². The quantitative estimate of drug-likeness (QED) is 0.174. The molecule has 0 aliphatic heterocycles. The fourth-order valence-corrected chi connectivity index (χ4v) is 9.29. The monoisotopic (exact) mass is 748 g/mol. The van der Waals surface area contributed by atoms with Gasteiger partial charge in [-0.15, -0.1) is 11.3 Å². The minimum atomic E-state index is 0.510. The summed E-state index contributed by atoms with van der Waals surface area (Å²) >= 11 is 1.82. The van der Waals surface area contributed by atoms with E-state index in [4.69, 9.17) is 23.8 Å². The molecule has 0 aliphatic carbocycles. The fraction of sp³-hybridized carbons (Fsp3) is 0. The number of hydrogen-bond donors (Lipinski definition) is 0. The third-order valence-electron chi connectivity index (χ3n) is 10.9. The number of aromatic nitrogens is 4. The van der Waals surface area contributed by atoms with E-state index in [2.05, 4.69) is 108 Å². The van der Waals surface area contributed by atoms with Crippen molar-refractivity contribution in [3.05, 3.63) is 170 Å². The van der Waals surface area contributed by atoms with Crippen molar-refractivity contribution < 1.29 is 8.83 Å². The minimum absolute atomic E-state index is 0.510. The van der Waals surface area contributed by atoms with Crippen molar-refractivity contribution in [1.29, 1.82) is 0 Å². The molecule has 0 saturated heterocycles. The van der Waals surface area contributed by atoms with E-state index in [1.54, 1.807) is 6.20 Å². The van der Waals surface area contributed by atoms with Gasteiger partial charge < -0.3 is 8.83 Å². The van der Waals surface area contributed by atoms with Crippen molar-refractivity contribution in [2.75, 3.05) is 0 Å². The Hall–Kier alpha value is -7.48. The molecule has 0 unspecified atom stereocenters. The van der Waals surface area contributed by atoms with Crippen molar-refractivity contribution in [2.45, 2.75) is 0 Å². The van der Waals surface area contributed by atoms with Gasteiger partial charge in [-0.2, -0.15) is 0 Å². The Morgan fingerprint density at radius 1 is 0.386 bits per heavy atom. The fourth-order valence-electron chi connectivity index (χ4n) is 8.20. The van der Waals surface area contributed by atoms with E-state index in [0.717, 1.165) is 82.8 Å². The van der Waals surface area contributed by atoms with Crippen LogP contribution in [-0.4, -0.2) is 19.9 Å². The Labute approximate surface area is 329 Å². The molecule has 0 spiro atoms. The Kier molecular flexibility index (Phi) is 7.00. The third kappa shape index (κ3) is 5.10. The maximum absolute atomic E-state index is 6.80. The SMILES string of the molecule is c1cncc(-c2ccccc2-c2nc(-c3ccc4c(c3)oc3ccccc34)nc(-c3ccc(-c4ccc5sc6ccccc6c5c4)c4c3oc3ccccc34)n2)c1. The van der Waals surface area contributed by atoms with E-state index < -0.39 is 0 Å². The molecule has 7 aromatic carbocycles. The Bertz CT molecular complexity index is 3550. The molecule has 0 amide bonds. The highest BCUT2D eigenvalue weighted by Crippen LogP contribution is 2.44. The van der Waals surface area contributed by atoms with Gasteiger partial charge in [0.05, 0.1) is 5.56 Å². The molecule has 6 nitrogen and oxygen atoms in total. The Morgan fingerprint density at radius 2 is 1.05 bits per heavy atom. The number of fused-ring (bicyclic) bond motifs is 9. The van der Waals surface area contributed by atoms with Crippen molar-refractivity contribution in [2.24, 2.45) is 0 Å². The maximum Gasteiger partial charge on any atom is 0.167 e. The molecule has 12 rings (SSSR count). The first-order valence-electron chi connectivity index (χ1n) is 18.8. The smallest absolute Gasteiger partial charge is 0.167 e. The summed E-state index contributed by atoms with van der Waals surface area (Å²) in [6.45, 7) is 0. The lowest BCUT2D eigenvalue weighted by Gasteiger charge is -2.13. The van der Waals surface area contributed by atoms with E-state index in [0.29, 0.717) is 17.5 Å². The highest BCUT2D eigenvalue weighted by Gasteiger charge is 2.22. The molecular formula is C50H28N4O2S. The first-order chi connectivity index (χ1) is 28.2. The second kappa shape index (κ2) is 12.5. The van der Waals surface area contributed by atoms with Gasteiger partial charge in [-0.05, 0) is 71.3 Å². The third-order valence-corrected chi connectivity index (χ3v) is 12.0. The van der Waals surface area contributed by atoms with Crippen LogP contribution < -0.4 is 0 Å². The van der Waals surface area contributed by atoms with Crippen LogP contribution in [-0.2, 0) is 0 Å². The summed E-state index contributed by atoms with van der Waals surface area (Å²) in [6, 6.07) is 54.3. The van der Waals surface area contributed by atoms with Crippen molar-refractivity contribution in [3.63, 3.8) is 0 Å². The Balaban J connectivity index is 1.11. The molecule has 12 aromatic rings. The van der Waals surface area contributed by atoms with E-state index in [9.17, 15) is 0 Å². The van der Waals surface area contributed by atoms with Crippen LogP contribution in [0.5, 0.6) is 0 Å². The van der Waals surface area contributed by atoms with E-state index in [-0.39, 0.29) is 0 Å². The van der Waals surface area contributed by atoms with Gasteiger partial charge >= 0.3 is 0 Å². The van der Waals surface area contributed by atoms with E-state index in [1.807, 2.05) is 72.1 Å². The van der Waals surface area contributed by atoms with E-state index >= 15 is 0 Å². The standard InChI is InChI=1S/C50H28N4O2S/c1-2-14-37(32(11-1)31-10-9-25-51-28-31)49-52-48(30-19-21-35-34-12-3-6-16-41(34)55-43(35)27-30)53-50(54-49)39-23-22-33(46-38-15-4-7-17-42(38)56-47(39)46)29-20-24-45-40(26-29)36-13-5-8-18-44(36)57-45/h1-28H. The lowest BCUT2D eigenvalue weighted by Crippen LogP contribution is -2.01. The number of furan rings is 2. The molecule has 0 bridgehead atoms. The van der Waals surface area contributed by atoms with Crippen molar-refractivity contribution >= 4 is 75.4 Å². The van der Waals surface area contributed by atoms with Crippen molar-refractivity contribution in [1.82, 2.24) is 19.9 Å². The molecule has 0 saturated carbocycles. The molecule has 7 heteroatoms. The maximum atomic E-state index is 6.80.